The van der Waals surface area contributed by atoms with Crippen LogP contribution >= 0.6 is 15.9 Å². The van der Waals surface area contributed by atoms with Crippen LogP contribution in [0.4, 0.5) is 9.18 Å². The largest absolute Gasteiger partial charge is 0.444 e. The number of ether oxygens (including phenoxy) is 1. The molecule has 0 radical (unpaired) electrons. The van der Waals surface area contributed by atoms with Crippen molar-refractivity contribution in [3.05, 3.63) is 34.1 Å². The molecule has 3 nitrogen and oxygen atoms in total. The van der Waals surface area contributed by atoms with Gasteiger partial charge in [0, 0.05) is 29.0 Å². The molecule has 1 aliphatic rings. The molecule has 0 saturated carbocycles. The summed E-state index contributed by atoms with van der Waals surface area (Å²) in [5, 5.41) is 0. The lowest BCUT2D eigenvalue weighted by Crippen LogP contribution is -2.35. The molecular formula is C15H19BrFNO2. The average Bonchev–Trinajstić information content (AvgIpc) is 2.76. The molecule has 110 valence electrons. The highest BCUT2D eigenvalue weighted by molar-refractivity contribution is 9.10. The van der Waals surface area contributed by atoms with Gasteiger partial charge in [-0.25, -0.2) is 9.18 Å². The van der Waals surface area contributed by atoms with Crippen LogP contribution < -0.4 is 0 Å². The molecule has 0 bridgehead atoms. The summed E-state index contributed by atoms with van der Waals surface area (Å²) in [7, 11) is 0. The van der Waals surface area contributed by atoms with Gasteiger partial charge in [0.2, 0.25) is 0 Å². The average molecular weight is 344 g/mol. The molecule has 0 aromatic heterocycles. The van der Waals surface area contributed by atoms with Gasteiger partial charge in [0.15, 0.2) is 0 Å². The Kier molecular flexibility index (Phi) is 4.37. The maximum Gasteiger partial charge on any atom is 0.410 e. The number of carbonyl (C=O) groups excluding carboxylic acids is 1. The Balaban J connectivity index is 2.08. The van der Waals surface area contributed by atoms with Crippen LogP contribution in [-0.4, -0.2) is 29.7 Å². The third kappa shape index (κ3) is 3.51. The normalized spacial score (nSPS) is 19.2. The number of halogens is 2. The van der Waals surface area contributed by atoms with E-state index in [-0.39, 0.29) is 17.8 Å². The summed E-state index contributed by atoms with van der Waals surface area (Å²) in [5.41, 5.74) is 0.145. The highest BCUT2D eigenvalue weighted by Gasteiger charge is 2.32. The van der Waals surface area contributed by atoms with E-state index in [1.807, 2.05) is 26.8 Å². The molecule has 1 saturated heterocycles. The summed E-state index contributed by atoms with van der Waals surface area (Å²) in [6, 6.07) is 4.95. The molecule has 1 fully saturated rings. The first-order valence-electron chi connectivity index (χ1n) is 6.70. The highest BCUT2D eigenvalue weighted by atomic mass is 79.9. The van der Waals surface area contributed by atoms with Crippen LogP contribution in [0, 0.1) is 5.82 Å². The number of rotatable bonds is 1. The minimum atomic E-state index is -0.506. The zero-order valence-corrected chi connectivity index (χ0v) is 13.5. The molecule has 1 amide bonds. The summed E-state index contributed by atoms with van der Waals surface area (Å²) in [5.74, 6) is -0.214. The fraction of sp³-hybridized carbons (Fsp3) is 0.533. The lowest BCUT2D eigenvalue weighted by atomic mass is 9.98. The van der Waals surface area contributed by atoms with Crippen LogP contribution in [0.15, 0.2) is 22.7 Å². The quantitative estimate of drug-likeness (QED) is 0.760. The molecule has 2 rings (SSSR count). The van der Waals surface area contributed by atoms with E-state index in [9.17, 15) is 9.18 Å². The number of nitrogens with zero attached hydrogens (tertiary/aromatic N) is 1. The van der Waals surface area contributed by atoms with Gasteiger partial charge in [-0.1, -0.05) is 22.0 Å². The summed E-state index contributed by atoms with van der Waals surface area (Å²) < 4.78 is 20.0. The molecule has 1 unspecified atom stereocenters. The second-order valence-corrected chi connectivity index (χ2v) is 6.90. The van der Waals surface area contributed by atoms with Gasteiger partial charge >= 0.3 is 6.09 Å². The van der Waals surface area contributed by atoms with Gasteiger partial charge in [0.1, 0.15) is 11.4 Å². The first-order valence-corrected chi connectivity index (χ1v) is 7.49. The van der Waals surface area contributed by atoms with Gasteiger partial charge in [-0.2, -0.15) is 0 Å². The number of hydrogen-bond donors (Lipinski definition) is 0. The van der Waals surface area contributed by atoms with E-state index in [4.69, 9.17) is 4.74 Å². The van der Waals surface area contributed by atoms with Gasteiger partial charge < -0.3 is 9.64 Å². The van der Waals surface area contributed by atoms with Crippen LogP contribution in [0.25, 0.3) is 0 Å². The molecule has 1 aromatic carbocycles. The molecule has 1 atom stereocenters. The van der Waals surface area contributed by atoms with Crippen molar-refractivity contribution in [3.8, 4) is 0 Å². The summed E-state index contributed by atoms with van der Waals surface area (Å²) in [4.78, 5) is 13.7. The van der Waals surface area contributed by atoms with Crippen LogP contribution in [0.2, 0.25) is 0 Å². The maximum absolute atomic E-state index is 13.9. The third-order valence-electron chi connectivity index (χ3n) is 3.25. The summed E-state index contributed by atoms with van der Waals surface area (Å²) in [6.07, 6.45) is 0.422. The molecule has 0 aliphatic carbocycles. The van der Waals surface area contributed by atoms with E-state index in [0.717, 1.165) is 10.9 Å². The van der Waals surface area contributed by atoms with Gasteiger partial charge in [0.25, 0.3) is 0 Å². The fourth-order valence-corrected chi connectivity index (χ4v) is 3.05. The van der Waals surface area contributed by atoms with Crippen molar-refractivity contribution in [1.82, 2.24) is 4.90 Å². The smallest absolute Gasteiger partial charge is 0.410 e. The van der Waals surface area contributed by atoms with Crippen molar-refractivity contribution in [2.45, 2.75) is 38.7 Å². The van der Waals surface area contributed by atoms with E-state index in [0.29, 0.717) is 18.7 Å². The van der Waals surface area contributed by atoms with Crippen molar-refractivity contribution in [2.24, 2.45) is 0 Å². The molecule has 20 heavy (non-hydrogen) atoms. The number of likely N-dealkylation sites (tertiary alicyclic amines) is 1. The van der Waals surface area contributed by atoms with Crippen molar-refractivity contribution in [3.63, 3.8) is 0 Å². The highest BCUT2D eigenvalue weighted by Crippen LogP contribution is 2.34. The first-order chi connectivity index (χ1) is 9.28. The zero-order valence-electron chi connectivity index (χ0n) is 12.0. The molecule has 0 N–H and O–H groups in total. The predicted molar refractivity (Wildman–Crippen MR) is 79.3 cm³/mol. The second kappa shape index (κ2) is 5.72. The topological polar surface area (TPSA) is 29.5 Å². The van der Waals surface area contributed by atoms with E-state index >= 15 is 0 Å². The Labute approximate surface area is 127 Å². The van der Waals surface area contributed by atoms with E-state index in [2.05, 4.69) is 15.9 Å². The molecule has 1 heterocycles. The Hall–Kier alpha value is -1.10. The SMILES string of the molecule is CC(C)(C)OC(=O)N1CCC(c2c(F)cccc2Br)C1. The predicted octanol–water partition coefficient (Wildman–Crippen LogP) is 4.31. The Morgan fingerprint density at radius 2 is 2.15 bits per heavy atom. The maximum atomic E-state index is 13.9. The van der Waals surface area contributed by atoms with Gasteiger partial charge in [0.05, 0.1) is 0 Å². The molecule has 0 spiro atoms. The van der Waals surface area contributed by atoms with Gasteiger partial charge in [-0.15, -0.1) is 0 Å². The van der Waals surface area contributed by atoms with Crippen molar-refractivity contribution >= 4 is 22.0 Å². The number of amides is 1. The number of hydrogen-bond acceptors (Lipinski definition) is 2. The molecular weight excluding hydrogens is 325 g/mol. The van der Waals surface area contributed by atoms with Crippen molar-refractivity contribution < 1.29 is 13.9 Å². The van der Waals surface area contributed by atoms with Crippen molar-refractivity contribution in [1.29, 1.82) is 0 Å². The van der Waals surface area contributed by atoms with Gasteiger partial charge in [-0.3, -0.25) is 0 Å². The lowest BCUT2D eigenvalue weighted by Gasteiger charge is -2.24. The first kappa shape index (κ1) is 15.3. The number of benzene rings is 1. The Morgan fingerprint density at radius 3 is 2.75 bits per heavy atom. The zero-order chi connectivity index (χ0) is 14.9. The summed E-state index contributed by atoms with van der Waals surface area (Å²) in [6.45, 7) is 6.61. The molecule has 1 aromatic rings. The monoisotopic (exact) mass is 343 g/mol. The number of carbonyl (C=O) groups is 1. The fourth-order valence-electron chi connectivity index (χ4n) is 2.39. The Bertz CT molecular complexity index is 493. The lowest BCUT2D eigenvalue weighted by molar-refractivity contribution is 0.0292. The molecule has 1 aliphatic heterocycles. The standard InChI is InChI=1S/C15H19BrFNO2/c1-15(2,3)20-14(19)18-8-7-10(9-18)13-11(16)5-4-6-12(13)17/h4-6,10H,7-9H2,1-3H3. The summed E-state index contributed by atoms with van der Waals surface area (Å²) >= 11 is 3.39. The van der Waals surface area contributed by atoms with E-state index < -0.39 is 5.60 Å². The van der Waals surface area contributed by atoms with E-state index in [1.54, 1.807) is 11.0 Å². The van der Waals surface area contributed by atoms with Crippen LogP contribution in [0.5, 0.6) is 0 Å². The van der Waals surface area contributed by atoms with Gasteiger partial charge in [-0.05, 0) is 39.3 Å². The van der Waals surface area contributed by atoms with Crippen molar-refractivity contribution in [2.75, 3.05) is 13.1 Å². The molecule has 5 heteroatoms. The van der Waals surface area contributed by atoms with Crippen LogP contribution in [-0.2, 0) is 4.74 Å². The second-order valence-electron chi connectivity index (χ2n) is 6.05. The van der Waals surface area contributed by atoms with E-state index in [1.165, 1.54) is 6.07 Å². The van der Waals surface area contributed by atoms with Crippen LogP contribution in [0.3, 0.4) is 0 Å². The minimum absolute atomic E-state index is 0.0121. The minimum Gasteiger partial charge on any atom is -0.444 e. The Morgan fingerprint density at radius 1 is 1.45 bits per heavy atom. The third-order valence-corrected chi connectivity index (χ3v) is 3.94. The van der Waals surface area contributed by atoms with Crippen LogP contribution in [0.1, 0.15) is 38.7 Å².